The van der Waals surface area contributed by atoms with Crippen molar-refractivity contribution in [3.05, 3.63) is 34.9 Å². The molecule has 1 aliphatic carbocycles. The molecule has 1 aromatic carbocycles. The molecule has 2 nitrogen and oxygen atoms in total. The lowest BCUT2D eigenvalue weighted by Crippen LogP contribution is -2.37. The quantitative estimate of drug-likeness (QED) is 0.846. The summed E-state index contributed by atoms with van der Waals surface area (Å²) in [7, 11) is 4.28. The van der Waals surface area contributed by atoms with Gasteiger partial charge in [0.15, 0.2) is 0 Å². The fourth-order valence-corrected chi connectivity index (χ4v) is 3.19. The average Bonchev–Trinajstić information content (AvgIpc) is 2.74. The number of aryl methyl sites for hydroxylation is 2. The number of nitrogens with one attached hydrogen (secondary N) is 1. The summed E-state index contributed by atoms with van der Waals surface area (Å²) >= 11 is 0. The number of hydrogen-bond acceptors (Lipinski definition) is 2. The van der Waals surface area contributed by atoms with Crippen LogP contribution in [0.3, 0.4) is 0 Å². The molecule has 19 heavy (non-hydrogen) atoms. The van der Waals surface area contributed by atoms with Crippen molar-refractivity contribution in [3.63, 3.8) is 0 Å². The molecule has 2 rings (SSSR count). The Bertz CT molecular complexity index is 421. The van der Waals surface area contributed by atoms with Crippen LogP contribution in [0.25, 0.3) is 0 Å². The predicted octanol–water partition coefficient (Wildman–Crippen LogP) is 2.85. The fourth-order valence-electron chi connectivity index (χ4n) is 3.19. The molecule has 0 heterocycles. The zero-order chi connectivity index (χ0) is 13.9. The predicted molar refractivity (Wildman–Crippen MR) is 82.5 cm³/mol. The highest BCUT2D eigenvalue weighted by atomic mass is 15.1. The molecule has 0 aliphatic heterocycles. The van der Waals surface area contributed by atoms with Gasteiger partial charge in [-0.3, -0.25) is 0 Å². The van der Waals surface area contributed by atoms with E-state index in [2.05, 4.69) is 56.4 Å². The first kappa shape index (κ1) is 14.5. The Morgan fingerprint density at radius 2 is 1.89 bits per heavy atom. The summed E-state index contributed by atoms with van der Waals surface area (Å²) in [6, 6.07) is 7.01. The van der Waals surface area contributed by atoms with Gasteiger partial charge in [-0.25, -0.2) is 0 Å². The third-order valence-electron chi connectivity index (χ3n) is 3.84. The van der Waals surface area contributed by atoms with Gasteiger partial charge in [-0.05, 0) is 55.5 Å². The van der Waals surface area contributed by atoms with Gasteiger partial charge in [-0.15, -0.1) is 0 Å². The third-order valence-corrected chi connectivity index (χ3v) is 3.84. The second-order valence-electron chi connectivity index (χ2n) is 6.96. The Balaban J connectivity index is 1.83. The molecule has 0 saturated carbocycles. The van der Waals surface area contributed by atoms with E-state index in [0.717, 1.165) is 19.6 Å². The van der Waals surface area contributed by atoms with Gasteiger partial charge in [0.25, 0.3) is 0 Å². The van der Waals surface area contributed by atoms with Crippen LogP contribution in [0, 0.1) is 5.41 Å². The summed E-state index contributed by atoms with van der Waals surface area (Å²) < 4.78 is 0. The van der Waals surface area contributed by atoms with E-state index in [-0.39, 0.29) is 0 Å². The molecule has 0 atom stereocenters. The van der Waals surface area contributed by atoms with E-state index in [1.165, 1.54) is 24.8 Å². The Hall–Kier alpha value is -0.860. The van der Waals surface area contributed by atoms with Gasteiger partial charge >= 0.3 is 0 Å². The summed E-state index contributed by atoms with van der Waals surface area (Å²) in [6.45, 7) is 7.81. The molecular weight excluding hydrogens is 232 g/mol. The van der Waals surface area contributed by atoms with Crippen molar-refractivity contribution >= 4 is 0 Å². The summed E-state index contributed by atoms with van der Waals surface area (Å²) in [6.07, 6.45) is 3.89. The first-order valence-electron chi connectivity index (χ1n) is 7.42. The highest BCUT2D eigenvalue weighted by Crippen LogP contribution is 2.23. The van der Waals surface area contributed by atoms with Crippen molar-refractivity contribution in [1.29, 1.82) is 0 Å². The Morgan fingerprint density at radius 3 is 2.63 bits per heavy atom. The highest BCUT2D eigenvalue weighted by molar-refractivity contribution is 5.35. The molecule has 0 aromatic heterocycles. The fraction of sp³-hybridized carbons (Fsp3) is 0.647. The standard InChI is InChI=1S/C17H28N2/c1-17(2,13-19(3)4)12-18-11-14-8-9-15-6-5-7-16(15)10-14/h8-10,18H,5-7,11-13H2,1-4H3. The van der Waals surface area contributed by atoms with Gasteiger partial charge in [-0.2, -0.15) is 0 Å². The molecule has 0 amide bonds. The summed E-state index contributed by atoms with van der Waals surface area (Å²) in [5.74, 6) is 0. The summed E-state index contributed by atoms with van der Waals surface area (Å²) in [5, 5.41) is 3.61. The van der Waals surface area contributed by atoms with Gasteiger partial charge in [0.1, 0.15) is 0 Å². The van der Waals surface area contributed by atoms with Crippen molar-refractivity contribution in [3.8, 4) is 0 Å². The van der Waals surface area contributed by atoms with Crippen LogP contribution in [0.2, 0.25) is 0 Å². The van der Waals surface area contributed by atoms with Crippen molar-refractivity contribution in [1.82, 2.24) is 10.2 Å². The third kappa shape index (κ3) is 4.32. The van der Waals surface area contributed by atoms with E-state index in [0.29, 0.717) is 5.41 Å². The highest BCUT2D eigenvalue weighted by Gasteiger charge is 2.18. The van der Waals surface area contributed by atoms with E-state index in [4.69, 9.17) is 0 Å². The summed E-state index contributed by atoms with van der Waals surface area (Å²) in [5.41, 5.74) is 4.89. The average molecular weight is 260 g/mol. The molecule has 0 saturated heterocycles. The smallest absolute Gasteiger partial charge is 0.0205 e. The lowest BCUT2D eigenvalue weighted by atomic mass is 9.93. The lowest BCUT2D eigenvalue weighted by molar-refractivity contribution is 0.232. The van der Waals surface area contributed by atoms with E-state index in [1.54, 1.807) is 11.1 Å². The van der Waals surface area contributed by atoms with Gasteiger partial charge in [0.2, 0.25) is 0 Å². The molecule has 2 heteroatoms. The number of fused-ring (bicyclic) bond motifs is 1. The molecule has 0 fully saturated rings. The second-order valence-corrected chi connectivity index (χ2v) is 6.96. The number of hydrogen-bond donors (Lipinski definition) is 1. The Morgan fingerprint density at radius 1 is 1.16 bits per heavy atom. The van der Waals surface area contributed by atoms with Gasteiger partial charge < -0.3 is 10.2 Å². The molecule has 1 aliphatic rings. The maximum absolute atomic E-state index is 3.61. The summed E-state index contributed by atoms with van der Waals surface area (Å²) in [4.78, 5) is 2.26. The molecule has 0 bridgehead atoms. The van der Waals surface area contributed by atoms with Crippen LogP contribution in [0.4, 0.5) is 0 Å². The van der Waals surface area contributed by atoms with Crippen LogP contribution in [0.5, 0.6) is 0 Å². The van der Waals surface area contributed by atoms with Gasteiger partial charge in [-0.1, -0.05) is 32.0 Å². The van der Waals surface area contributed by atoms with Crippen molar-refractivity contribution in [2.24, 2.45) is 5.41 Å². The Labute approximate surface area is 118 Å². The monoisotopic (exact) mass is 260 g/mol. The van der Waals surface area contributed by atoms with E-state index >= 15 is 0 Å². The van der Waals surface area contributed by atoms with Crippen LogP contribution < -0.4 is 5.32 Å². The number of rotatable bonds is 6. The van der Waals surface area contributed by atoms with Crippen molar-refractivity contribution < 1.29 is 0 Å². The normalized spacial score (nSPS) is 15.0. The van der Waals surface area contributed by atoms with Crippen LogP contribution in [0.1, 0.15) is 37.0 Å². The second kappa shape index (κ2) is 6.06. The van der Waals surface area contributed by atoms with Crippen LogP contribution in [-0.2, 0) is 19.4 Å². The van der Waals surface area contributed by atoms with Crippen LogP contribution >= 0.6 is 0 Å². The zero-order valence-corrected chi connectivity index (χ0v) is 12.9. The van der Waals surface area contributed by atoms with Crippen molar-refractivity contribution in [2.75, 3.05) is 27.2 Å². The topological polar surface area (TPSA) is 15.3 Å². The SMILES string of the molecule is CN(C)CC(C)(C)CNCc1ccc2c(c1)CCC2. The molecule has 1 aromatic rings. The molecule has 0 radical (unpaired) electrons. The maximum Gasteiger partial charge on any atom is 0.0205 e. The van der Waals surface area contributed by atoms with E-state index in [1.807, 2.05) is 0 Å². The first-order chi connectivity index (χ1) is 8.96. The van der Waals surface area contributed by atoms with E-state index in [9.17, 15) is 0 Å². The van der Waals surface area contributed by atoms with Gasteiger partial charge in [0.05, 0.1) is 0 Å². The largest absolute Gasteiger partial charge is 0.312 e. The minimum atomic E-state index is 0.320. The first-order valence-corrected chi connectivity index (χ1v) is 7.42. The molecule has 106 valence electrons. The van der Waals surface area contributed by atoms with Crippen LogP contribution in [-0.4, -0.2) is 32.1 Å². The molecule has 0 unspecified atom stereocenters. The minimum Gasteiger partial charge on any atom is -0.312 e. The minimum absolute atomic E-state index is 0.320. The molecule has 1 N–H and O–H groups in total. The van der Waals surface area contributed by atoms with Crippen molar-refractivity contribution in [2.45, 2.75) is 39.7 Å². The van der Waals surface area contributed by atoms with E-state index < -0.39 is 0 Å². The number of nitrogens with zero attached hydrogens (tertiary/aromatic N) is 1. The molecular formula is C17H28N2. The molecule has 0 spiro atoms. The maximum atomic E-state index is 3.61. The van der Waals surface area contributed by atoms with Crippen LogP contribution in [0.15, 0.2) is 18.2 Å². The van der Waals surface area contributed by atoms with Gasteiger partial charge in [0, 0.05) is 19.6 Å². The Kier molecular flexibility index (Phi) is 4.64. The number of benzene rings is 1. The zero-order valence-electron chi connectivity index (χ0n) is 12.9. The lowest BCUT2D eigenvalue weighted by Gasteiger charge is -2.28.